The Morgan fingerprint density at radius 1 is 1.19 bits per heavy atom. The van der Waals surface area contributed by atoms with E-state index in [4.69, 9.17) is 4.74 Å². The number of anilines is 1. The van der Waals surface area contributed by atoms with Crippen molar-refractivity contribution in [3.8, 4) is 11.8 Å². The molecule has 1 atom stereocenters. The van der Waals surface area contributed by atoms with Crippen molar-refractivity contribution >= 4 is 28.2 Å². The standard InChI is InChI=1S/C23H26N4O3S/c1-15-13-20(25-22(28)17-3-4-17)31-21(15)23(29)27-11-9-26(10-12-27)19(14-24)16-5-7-18(30-2)8-6-16/h5-8,13,17,19H,3-4,9-12H2,1-2H3,(H,25,28). The second-order valence-electron chi connectivity index (χ2n) is 8.02. The molecule has 1 aliphatic heterocycles. The Labute approximate surface area is 186 Å². The number of rotatable bonds is 6. The predicted molar refractivity (Wildman–Crippen MR) is 119 cm³/mol. The summed E-state index contributed by atoms with van der Waals surface area (Å²) in [5, 5.41) is 13.4. The van der Waals surface area contributed by atoms with E-state index in [1.165, 1.54) is 11.3 Å². The number of hydrogen-bond acceptors (Lipinski definition) is 6. The van der Waals surface area contributed by atoms with E-state index in [2.05, 4.69) is 16.3 Å². The lowest BCUT2D eigenvalue weighted by Gasteiger charge is -2.37. The molecule has 1 saturated carbocycles. The summed E-state index contributed by atoms with van der Waals surface area (Å²) >= 11 is 1.35. The highest BCUT2D eigenvalue weighted by molar-refractivity contribution is 7.18. The number of aryl methyl sites for hydroxylation is 1. The van der Waals surface area contributed by atoms with Gasteiger partial charge in [-0.15, -0.1) is 11.3 Å². The number of nitrogens with zero attached hydrogens (tertiary/aromatic N) is 3. The number of nitriles is 1. The van der Waals surface area contributed by atoms with Crippen LogP contribution in [0.15, 0.2) is 30.3 Å². The molecule has 0 radical (unpaired) electrons. The van der Waals surface area contributed by atoms with Gasteiger partial charge >= 0.3 is 0 Å². The van der Waals surface area contributed by atoms with Crippen molar-refractivity contribution in [3.05, 3.63) is 46.3 Å². The first-order chi connectivity index (χ1) is 15.0. The van der Waals surface area contributed by atoms with Crippen molar-refractivity contribution in [2.75, 3.05) is 38.6 Å². The lowest BCUT2D eigenvalue weighted by Crippen LogP contribution is -2.49. The Morgan fingerprint density at radius 3 is 2.45 bits per heavy atom. The van der Waals surface area contributed by atoms with Crippen molar-refractivity contribution in [2.45, 2.75) is 25.8 Å². The van der Waals surface area contributed by atoms with Gasteiger partial charge < -0.3 is 15.0 Å². The maximum Gasteiger partial charge on any atom is 0.264 e. The summed E-state index contributed by atoms with van der Waals surface area (Å²) in [5.41, 5.74) is 1.81. The zero-order chi connectivity index (χ0) is 22.0. The number of methoxy groups -OCH3 is 1. The molecule has 2 amide bonds. The fraction of sp³-hybridized carbons (Fsp3) is 0.435. The van der Waals surface area contributed by atoms with Crippen molar-refractivity contribution < 1.29 is 14.3 Å². The molecule has 0 bridgehead atoms. The number of nitrogens with one attached hydrogen (secondary N) is 1. The molecule has 2 aliphatic rings. The third-order valence-corrected chi connectivity index (χ3v) is 6.97. The molecular formula is C23H26N4O3S. The summed E-state index contributed by atoms with van der Waals surface area (Å²) in [6.45, 7) is 4.29. The molecule has 1 aromatic heterocycles. The number of benzene rings is 1. The van der Waals surface area contributed by atoms with Gasteiger partial charge in [-0.1, -0.05) is 12.1 Å². The summed E-state index contributed by atoms with van der Waals surface area (Å²) in [5.74, 6) is 0.935. The van der Waals surface area contributed by atoms with Gasteiger partial charge in [0.2, 0.25) is 5.91 Å². The number of carbonyl (C=O) groups excluding carboxylic acids is 2. The Bertz CT molecular complexity index is 999. The highest BCUT2D eigenvalue weighted by Crippen LogP contribution is 2.33. The van der Waals surface area contributed by atoms with Crippen LogP contribution in [-0.2, 0) is 4.79 Å². The molecule has 2 aromatic rings. The summed E-state index contributed by atoms with van der Waals surface area (Å²) in [4.78, 5) is 29.7. The normalized spacial score (nSPS) is 17.6. The van der Waals surface area contributed by atoms with Crippen molar-refractivity contribution in [2.24, 2.45) is 5.92 Å². The Kier molecular flexibility index (Phi) is 6.25. The monoisotopic (exact) mass is 438 g/mol. The highest BCUT2D eigenvalue weighted by Gasteiger charge is 2.31. The van der Waals surface area contributed by atoms with Crippen LogP contribution in [0.3, 0.4) is 0 Å². The smallest absolute Gasteiger partial charge is 0.264 e. The molecule has 1 N–H and O–H groups in total. The number of hydrogen-bond donors (Lipinski definition) is 1. The molecule has 4 rings (SSSR count). The molecule has 7 nitrogen and oxygen atoms in total. The van der Waals surface area contributed by atoms with Crippen LogP contribution in [0.2, 0.25) is 0 Å². The number of piperazine rings is 1. The van der Waals surface area contributed by atoms with Gasteiger partial charge in [0.25, 0.3) is 5.91 Å². The minimum absolute atomic E-state index is 0.00738. The minimum Gasteiger partial charge on any atom is -0.497 e. The Balaban J connectivity index is 1.37. The van der Waals surface area contributed by atoms with E-state index in [0.29, 0.717) is 31.1 Å². The summed E-state index contributed by atoms with van der Waals surface area (Å²) in [7, 11) is 1.62. The quantitative estimate of drug-likeness (QED) is 0.747. The molecule has 1 unspecified atom stereocenters. The molecule has 2 heterocycles. The summed E-state index contributed by atoms with van der Waals surface area (Å²) in [6.07, 6.45) is 1.90. The first-order valence-corrected chi connectivity index (χ1v) is 11.3. The van der Waals surface area contributed by atoms with E-state index in [9.17, 15) is 14.9 Å². The van der Waals surface area contributed by atoms with E-state index < -0.39 is 0 Å². The van der Waals surface area contributed by atoms with E-state index in [0.717, 1.165) is 34.7 Å². The molecule has 162 valence electrons. The Morgan fingerprint density at radius 2 is 1.87 bits per heavy atom. The minimum atomic E-state index is -0.351. The maximum absolute atomic E-state index is 13.1. The molecule has 31 heavy (non-hydrogen) atoms. The SMILES string of the molecule is COc1ccc(C(C#N)N2CCN(C(=O)c3sc(NC(=O)C4CC4)cc3C)CC2)cc1. The molecule has 1 aromatic carbocycles. The number of carbonyl (C=O) groups is 2. The van der Waals surface area contributed by atoms with Gasteiger partial charge in [-0.25, -0.2) is 0 Å². The van der Waals surface area contributed by atoms with Crippen molar-refractivity contribution in [1.82, 2.24) is 9.80 Å². The van der Waals surface area contributed by atoms with E-state index >= 15 is 0 Å². The zero-order valence-corrected chi connectivity index (χ0v) is 18.6. The number of amides is 2. The molecular weight excluding hydrogens is 412 g/mol. The van der Waals surface area contributed by atoms with Crippen LogP contribution >= 0.6 is 11.3 Å². The lowest BCUT2D eigenvalue weighted by molar-refractivity contribution is -0.117. The average molecular weight is 439 g/mol. The van der Waals surface area contributed by atoms with Crippen LogP contribution < -0.4 is 10.1 Å². The van der Waals surface area contributed by atoms with Crippen molar-refractivity contribution in [1.29, 1.82) is 5.26 Å². The van der Waals surface area contributed by atoms with Gasteiger partial charge in [-0.2, -0.15) is 5.26 Å². The van der Waals surface area contributed by atoms with Crippen LogP contribution in [0, 0.1) is 24.2 Å². The Hall–Kier alpha value is -2.89. The van der Waals surface area contributed by atoms with Crippen LogP contribution in [0.1, 0.15) is 39.7 Å². The number of ether oxygens (including phenoxy) is 1. The van der Waals surface area contributed by atoms with Gasteiger partial charge in [0.05, 0.1) is 23.1 Å². The van der Waals surface area contributed by atoms with Crippen LogP contribution in [0.5, 0.6) is 5.75 Å². The molecule has 2 fully saturated rings. The highest BCUT2D eigenvalue weighted by atomic mass is 32.1. The second-order valence-corrected chi connectivity index (χ2v) is 9.07. The summed E-state index contributed by atoms with van der Waals surface area (Å²) < 4.78 is 5.19. The largest absolute Gasteiger partial charge is 0.497 e. The fourth-order valence-electron chi connectivity index (χ4n) is 3.81. The zero-order valence-electron chi connectivity index (χ0n) is 17.8. The van der Waals surface area contributed by atoms with Gasteiger partial charge in [-0.3, -0.25) is 14.5 Å². The van der Waals surface area contributed by atoms with Gasteiger partial charge in [0.15, 0.2) is 0 Å². The summed E-state index contributed by atoms with van der Waals surface area (Å²) in [6, 6.07) is 11.5. The molecule has 8 heteroatoms. The van der Waals surface area contributed by atoms with Gasteiger partial charge in [0, 0.05) is 32.1 Å². The maximum atomic E-state index is 13.1. The van der Waals surface area contributed by atoms with Gasteiger partial charge in [0.1, 0.15) is 11.8 Å². The van der Waals surface area contributed by atoms with Crippen LogP contribution in [0.4, 0.5) is 5.00 Å². The lowest BCUT2D eigenvalue weighted by atomic mass is 10.1. The predicted octanol–water partition coefficient (Wildman–Crippen LogP) is 3.44. The average Bonchev–Trinajstić information content (AvgIpc) is 3.58. The van der Waals surface area contributed by atoms with Crippen molar-refractivity contribution in [3.63, 3.8) is 0 Å². The molecule has 1 aliphatic carbocycles. The second kappa shape index (κ2) is 9.08. The van der Waals surface area contributed by atoms with E-state index in [-0.39, 0.29) is 23.8 Å². The topological polar surface area (TPSA) is 85.7 Å². The first kappa shape index (κ1) is 21.3. The van der Waals surface area contributed by atoms with E-state index in [1.54, 1.807) is 7.11 Å². The van der Waals surface area contributed by atoms with Crippen LogP contribution in [-0.4, -0.2) is 54.9 Å². The van der Waals surface area contributed by atoms with E-state index in [1.807, 2.05) is 42.2 Å². The fourth-order valence-corrected chi connectivity index (χ4v) is 4.85. The first-order valence-electron chi connectivity index (χ1n) is 10.5. The van der Waals surface area contributed by atoms with Gasteiger partial charge in [-0.05, 0) is 49.1 Å². The van der Waals surface area contributed by atoms with Crippen LogP contribution in [0.25, 0.3) is 0 Å². The third-order valence-electron chi connectivity index (χ3n) is 5.83. The molecule has 0 spiro atoms. The third kappa shape index (κ3) is 4.73. The molecule has 1 saturated heterocycles. The number of thiophene rings is 1.